The number of carbonyl (C=O) groups excluding carboxylic acids is 1. The highest BCUT2D eigenvalue weighted by atomic mass is 35.5. The molecule has 1 amide bonds. The molecule has 2 aliphatic rings. The average Bonchev–Trinajstić information content (AvgIpc) is 3.15. The summed E-state index contributed by atoms with van der Waals surface area (Å²) in [6.45, 7) is 3.51. The van der Waals surface area contributed by atoms with Gasteiger partial charge in [-0.2, -0.15) is 0 Å². The van der Waals surface area contributed by atoms with Crippen LogP contribution in [0, 0.1) is 5.92 Å². The maximum atomic E-state index is 12.4. The van der Waals surface area contributed by atoms with Crippen LogP contribution in [-0.4, -0.2) is 43.7 Å². The Morgan fingerprint density at radius 3 is 2.81 bits per heavy atom. The highest BCUT2D eigenvalue weighted by molar-refractivity contribution is 6.30. The van der Waals surface area contributed by atoms with Crippen LogP contribution in [0.3, 0.4) is 0 Å². The average molecular weight is 374 g/mol. The van der Waals surface area contributed by atoms with Gasteiger partial charge in [-0.3, -0.25) is 4.79 Å². The van der Waals surface area contributed by atoms with Crippen molar-refractivity contribution in [1.82, 2.24) is 10.3 Å². The molecule has 7 heteroatoms. The third-order valence-corrected chi connectivity index (χ3v) is 4.94. The van der Waals surface area contributed by atoms with Gasteiger partial charge >= 0.3 is 0 Å². The Kier molecular flexibility index (Phi) is 4.84. The molecule has 0 spiro atoms. The van der Waals surface area contributed by atoms with Crippen molar-refractivity contribution in [3.63, 3.8) is 0 Å². The molecule has 136 valence electrons. The van der Waals surface area contributed by atoms with Gasteiger partial charge in [0.1, 0.15) is 18.9 Å². The smallest absolute Gasteiger partial charge is 0.270 e. The van der Waals surface area contributed by atoms with Gasteiger partial charge in [0.2, 0.25) is 0 Å². The van der Waals surface area contributed by atoms with E-state index in [1.807, 2.05) is 24.3 Å². The second-order valence-electron chi connectivity index (χ2n) is 6.50. The monoisotopic (exact) mass is 373 g/mol. The number of benzene rings is 1. The van der Waals surface area contributed by atoms with Crippen LogP contribution in [-0.2, 0) is 0 Å². The number of fused-ring (bicyclic) bond motifs is 1. The van der Waals surface area contributed by atoms with Crippen LogP contribution in [0.15, 0.2) is 36.5 Å². The molecule has 1 atom stereocenters. The lowest BCUT2D eigenvalue weighted by atomic mass is 10.1. The summed E-state index contributed by atoms with van der Waals surface area (Å²) in [4.78, 5) is 18.9. The Labute approximate surface area is 157 Å². The Balaban J connectivity index is 1.31. The molecule has 3 heterocycles. The maximum Gasteiger partial charge on any atom is 0.270 e. The van der Waals surface area contributed by atoms with Gasteiger partial charge in [0.15, 0.2) is 11.5 Å². The first kappa shape index (κ1) is 17.0. The van der Waals surface area contributed by atoms with Crippen LogP contribution < -0.4 is 19.7 Å². The van der Waals surface area contributed by atoms with E-state index in [4.69, 9.17) is 21.1 Å². The van der Waals surface area contributed by atoms with E-state index >= 15 is 0 Å². The molecular formula is C19H20ClN3O3. The van der Waals surface area contributed by atoms with Gasteiger partial charge in [0.25, 0.3) is 5.91 Å². The number of rotatable bonds is 4. The number of carbonyl (C=O) groups is 1. The Morgan fingerprint density at radius 1 is 1.23 bits per heavy atom. The Bertz CT molecular complexity index is 797. The predicted molar refractivity (Wildman–Crippen MR) is 99.3 cm³/mol. The van der Waals surface area contributed by atoms with Crippen molar-refractivity contribution in [3.8, 4) is 11.5 Å². The molecule has 4 rings (SSSR count). The van der Waals surface area contributed by atoms with Crippen LogP contribution in [0.25, 0.3) is 0 Å². The zero-order chi connectivity index (χ0) is 17.9. The number of hydrogen-bond acceptors (Lipinski definition) is 5. The number of ether oxygens (including phenoxy) is 2. The van der Waals surface area contributed by atoms with Gasteiger partial charge < -0.3 is 19.7 Å². The summed E-state index contributed by atoms with van der Waals surface area (Å²) in [5, 5.41) is 3.72. The van der Waals surface area contributed by atoms with Crippen LogP contribution in [0.4, 0.5) is 5.69 Å². The minimum Gasteiger partial charge on any atom is -0.486 e. The van der Waals surface area contributed by atoms with Crippen molar-refractivity contribution in [2.45, 2.75) is 6.42 Å². The minimum atomic E-state index is -0.188. The quantitative estimate of drug-likeness (QED) is 0.892. The van der Waals surface area contributed by atoms with Crippen molar-refractivity contribution < 1.29 is 14.3 Å². The number of nitrogens with one attached hydrogen (secondary N) is 1. The van der Waals surface area contributed by atoms with Crippen molar-refractivity contribution in [2.24, 2.45) is 5.92 Å². The van der Waals surface area contributed by atoms with Gasteiger partial charge in [0.05, 0.1) is 6.20 Å². The largest absolute Gasteiger partial charge is 0.486 e. The lowest BCUT2D eigenvalue weighted by molar-refractivity contribution is 0.0941. The van der Waals surface area contributed by atoms with E-state index in [2.05, 4.69) is 15.2 Å². The highest BCUT2D eigenvalue weighted by Gasteiger charge is 2.24. The third kappa shape index (κ3) is 3.70. The number of pyridine rings is 1. The molecule has 26 heavy (non-hydrogen) atoms. The molecule has 1 N–H and O–H groups in total. The third-order valence-electron chi connectivity index (χ3n) is 4.69. The number of aromatic nitrogens is 1. The van der Waals surface area contributed by atoms with E-state index in [0.717, 1.165) is 30.2 Å². The summed E-state index contributed by atoms with van der Waals surface area (Å²) in [7, 11) is 0. The first-order valence-corrected chi connectivity index (χ1v) is 9.11. The highest BCUT2D eigenvalue weighted by Crippen LogP contribution is 2.29. The van der Waals surface area contributed by atoms with Crippen molar-refractivity contribution >= 4 is 23.2 Å². The van der Waals surface area contributed by atoms with Gasteiger partial charge in [-0.05, 0) is 36.6 Å². The van der Waals surface area contributed by atoms with Crippen molar-refractivity contribution in [2.75, 3.05) is 37.7 Å². The first-order chi connectivity index (χ1) is 12.7. The summed E-state index contributed by atoms with van der Waals surface area (Å²) in [5.74, 6) is 1.38. The molecule has 0 aliphatic carbocycles. The molecule has 1 aromatic heterocycles. The number of nitrogens with zero attached hydrogens (tertiary/aromatic N) is 2. The second-order valence-corrected chi connectivity index (χ2v) is 6.94. The molecule has 1 unspecified atom stereocenters. The molecule has 6 nitrogen and oxygen atoms in total. The minimum absolute atomic E-state index is 0.188. The zero-order valence-electron chi connectivity index (χ0n) is 14.3. The normalized spacial score (nSPS) is 18.7. The molecule has 2 aliphatic heterocycles. The lowest BCUT2D eigenvalue weighted by Gasteiger charge is -2.19. The van der Waals surface area contributed by atoms with E-state index in [1.165, 1.54) is 0 Å². The van der Waals surface area contributed by atoms with Crippen molar-refractivity contribution in [1.29, 1.82) is 0 Å². The molecule has 0 radical (unpaired) electrons. The number of anilines is 1. The number of halogens is 1. The molecular weight excluding hydrogens is 354 g/mol. The van der Waals surface area contributed by atoms with Crippen molar-refractivity contribution in [3.05, 3.63) is 47.2 Å². The Hall–Kier alpha value is -2.47. The predicted octanol–water partition coefficient (Wildman–Crippen LogP) is 2.76. The van der Waals surface area contributed by atoms with Gasteiger partial charge in [-0.25, -0.2) is 4.98 Å². The van der Waals surface area contributed by atoms with Crippen LogP contribution in [0.2, 0.25) is 5.02 Å². The zero-order valence-corrected chi connectivity index (χ0v) is 15.0. The molecule has 0 saturated carbocycles. The topological polar surface area (TPSA) is 63.7 Å². The lowest BCUT2D eigenvalue weighted by Crippen LogP contribution is -2.31. The summed E-state index contributed by atoms with van der Waals surface area (Å²) in [6, 6.07) is 9.50. The van der Waals surface area contributed by atoms with E-state index in [0.29, 0.717) is 42.9 Å². The fourth-order valence-corrected chi connectivity index (χ4v) is 3.41. The van der Waals surface area contributed by atoms with Crippen LogP contribution in [0.1, 0.15) is 16.9 Å². The maximum absolute atomic E-state index is 12.4. The van der Waals surface area contributed by atoms with E-state index < -0.39 is 0 Å². The molecule has 1 fully saturated rings. The van der Waals surface area contributed by atoms with E-state index in [1.54, 1.807) is 12.3 Å². The van der Waals surface area contributed by atoms with E-state index in [-0.39, 0.29) is 5.91 Å². The molecule has 0 bridgehead atoms. The SMILES string of the molecule is O=C(NCC1CCN(c2ccc(Cl)cc2)C1)c1cc2c(cn1)OCCO2. The summed E-state index contributed by atoms with van der Waals surface area (Å²) in [6.07, 6.45) is 2.58. The number of amides is 1. The van der Waals surface area contributed by atoms with Gasteiger partial charge in [0, 0.05) is 36.4 Å². The van der Waals surface area contributed by atoms with E-state index in [9.17, 15) is 4.79 Å². The molecule has 2 aromatic rings. The number of hydrogen-bond donors (Lipinski definition) is 1. The van der Waals surface area contributed by atoms with Gasteiger partial charge in [-0.15, -0.1) is 0 Å². The standard InChI is InChI=1S/C19H20ClN3O3/c20-14-1-3-15(4-2-14)23-6-5-13(12-23)10-22-19(24)16-9-17-18(11-21-16)26-8-7-25-17/h1-4,9,11,13H,5-8,10,12H2,(H,22,24). The van der Waals surface area contributed by atoms with Crippen LogP contribution >= 0.6 is 11.6 Å². The van der Waals surface area contributed by atoms with Crippen LogP contribution in [0.5, 0.6) is 11.5 Å². The summed E-state index contributed by atoms with van der Waals surface area (Å²) in [5.41, 5.74) is 1.51. The summed E-state index contributed by atoms with van der Waals surface area (Å²) < 4.78 is 10.9. The fourth-order valence-electron chi connectivity index (χ4n) is 3.29. The Morgan fingerprint density at radius 2 is 2.00 bits per heavy atom. The fraction of sp³-hybridized carbons (Fsp3) is 0.368. The second kappa shape index (κ2) is 7.41. The summed E-state index contributed by atoms with van der Waals surface area (Å²) >= 11 is 5.95. The van der Waals surface area contributed by atoms with Gasteiger partial charge in [-0.1, -0.05) is 11.6 Å². The molecule has 1 aromatic carbocycles. The molecule has 1 saturated heterocycles. The first-order valence-electron chi connectivity index (χ1n) is 8.73.